The molecule has 0 aromatic carbocycles. The van der Waals surface area contributed by atoms with Crippen LogP contribution in [-0.4, -0.2) is 70.9 Å². The van der Waals surface area contributed by atoms with Crippen molar-refractivity contribution in [2.45, 2.75) is 12.5 Å². The SMILES string of the molecule is OC(CNCCc1ccccn1)COc1nsnc1N1CCOCC1. The zero-order valence-electron chi connectivity index (χ0n) is 14.0. The summed E-state index contributed by atoms with van der Waals surface area (Å²) in [6, 6.07) is 5.86. The molecule has 0 amide bonds. The summed E-state index contributed by atoms with van der Waals surface area (Å²) >= 11 is 1.12. The maximum Gasteiger partial charge on any atom is 0.270 e. The average Bonchev–Trinajstić information content (AvgIpc) is 3.14. The van der Waals surface area contributed by atoms with E-state index in [1.165, 1.54) is 0 Å². The van der Waals surface area contributed by atoms with E-state index < -0.39 is 6.10 Å². The summed E-state index contributed by atoms with van der Waals surface area (Å²) in [7, 11) is 0. The normalized spacial score (nSPS) is 16.0. The lowest BCUT2D eigenvalue weighted by Crippen LogP contribution is -2.37. The number of ether oxygens (including phenoxy) is 2. The molecule has 8 nitrogen and oxygen atoms in total. The van der Waals surface area contributed by atoms with Gasteiger partial charge in [-0.25, -0.2) is 0 Å². The highest BCUT2D eigenvalue weighted by Gasteiger charge is 2.20. The maximum atomic E-state index is 10.1. The Morgan fingerprint density at radius 3 is 3.00 bits per heavy atom. The van der Waals surface area contributed by atoms with Crippen molar-refractivity contribution in [3.8, 4) is 5.88 Å². The molecule has 0 saturated carbocycles. The predicted molar refractivity (Wildman–Crippen MR) is 95.3 cm³/mol. The van der Waals surface area contributed by atoms with E-state index in [2.05, 4.69) is 23.9 Å². The topological polar surface area (TPSA) is 92.6 Å². The summed E-state index contributed by atoms with van der Waals surface area (Å²) in [5.41, 5.74) is 1.03. The Kier molecular flexibility index (Phi) is 6.92. The van der Waals surface area contributed by atoms with Crippen molar-refractivity contribution in [2.75, 3.05) is 50.9 Å². The van der Waals surface area contributed by atoms with Gasteiger partial charge in [-0.15, -0.1) is 4.37 Å². The van der Waals surface area contributed by atoms with Crippen LogP contribution in [0.4, 0.5) is 5.82 Å². The lowest BCUT2D eigenvalue weighted by atomic mass is 10.2. The summed E-state index contributed by atoms with van der Waals surface area (Å²) < 4.78 is 19.5. The highest BCUT2D eigenvalue weighted by molar-refractivity contribution is 6.99. The predicted octanol–water partition coefficient (Wildman–Crippen LogP) is 0.342. The summed E-state index contributed by atoms with van der Waals surface area (Å²) in [6.45, 7) is 4.31. The summed E-state index contributed by atoms with van der Waals surface area (Å²) in [4.78, 5) is 6.36. The third-order valence-electron chi connectivity index (χ3n) is 3.83. The van der Waals surface area contributed by atoms with Crippen LogP contribution in [0.2, 0.25) is 0 Å². The Morgan fingerprint density at radius 1 is 1.32 bits per heavy atom. The van der Waals surface area contributed by atoms with E-state index in [4.69, 9.17) is 9.47 Å². The fourth-order valence-corrected chi connectivity index (χ4v) is 3.02. The molecule has 136 valence electrons. The van der Waals surface area contributed by atoms with Crippen LogP contribution in [0.25, 0.3) is 0 Å². The van der Waals surface area contributed by atoms with E-state index in [-0.39, 0.29) is 6.61 Å². The van der Waals surface area contributed by atoms with E-state index in [9.17, 15) is 5.11 Å². The molecule has 2 aromatic rings. The number of aliphatic hydroxyl groups excluding tert-OH is 1. The van der Waals surface area contributed by atoms with Gasteiger partial charge in [0.15, 0.2) is 0 Å². The second-order valence-corrected chi connectivity index (χ2v) is 6.26. The van der Waals surface area contributed by atoms with Gasteiger partial charge in [-0.05, 0) is 12.1 Å². The number of pyridine rings is 1. The molecule has 1 saturated heterocycles. The standard InChI is InChI=1S/C16H23N5O3S/c22-14(11-17-6-4-13-3-1-2-5-18-13)12-24-16-15(19-25-20-16)21-7-9-23-10-8-21/h1-3,5,14,17,22H,4,6-12H2. The second-order valence-electron chi connectivity index (χ2n) is 5.73. The molecule has 1 fully saturated rings. The van der Waals surface area contributed by atoms with E-state index >= 15 is 0 Å². The number of hydrogen-bond donors (Lipinski definition) is 2. The van der Waals surface area contributed by atoms with Crippen LogP contribution >= 0.6 is 11.7 Å². The molecule has 3 rings (SSSR count). The highest BCUT2D eigenvalue weighted by Crippen LogP contribution is 2.26. The first-order valence-electron chi connectivity index (χ1n) is 8.39. The summed E-state index contributed by atoms with van der Waals surface area (Å²) in [5.74, 6) is 1.23. The number of rotatable bonds is 9. The lowest BCUT2D eigenvalue weighted by Gasteiger charge is -2.26. The van der Waals surface area contributed by atoms with Crippen molar-refractivity contribution in [2.24, 2.45) is 0 Å². The number of aromatic nitrogens is 3. The van der Waals surface area contributed by atoms with Gasteiger partial charge < -0.3 is 24.8 Å². The Balaban J connectivity index is 1.36. The number of anilines is 1. The minimum absolute atomic E-state index is 0.180. The number of aliphatic hydroxyl groups is 1. The largest absolute Gasteiger partial charge is 0.472 e. The Morgan fingerprint density at radius 2 is 2.20 bits per heavy atom. The summed E-state index contributed by atoms with van der Waals surface area (Å²) in [6.07, 6.45) is 2.00. The molecule has 1 atom stereocenters. The molecule has 0 spiro atoms. The van der Waals surface area contributed by atoms with Crippen LogP contribution < -0.4 is 15.0 Å². The van der Waals surface area contributed by atoms with Crippen LogP contribution in [0.1, 0.15) is 5.69 Å². The van der Waals surface area contributed by atoms with Crippen LogP contribution in [0.5, 0.6) is 5.88 Å². The van der Waals surface area contributed by atoms with Gasteiger partial charge in [-0.3, -0.25) is 4.98 Å². The smallest absolute Gasteiger partial charge is 0.270 e. The van der Waals surface area contributed by atoms with E-state index in [1.54, 1.807) is 6.20 Å². The number of nitrogens with one attached hydrogen (secondary N) is 1. The first kappa shape index (κ1) is 18.0. The van der Waals surface area contributed by atoms with Crippen molar-refractivity contribution < 1.29 is 14.6 Å². The van der Waals surface area contributed by atoms with Gasteiger partial charge >= 0.3 is 0 Å². The zero-order valence-corrected chi connectivity index (χ0v) is 14.8. The minimum atomic E-state index is -0.608. The van der Waals surface area contributed by atoms with E-state index in [1.807, 2.05) is 18.2 Å². The highest BCUT2D eigenvalue weighted by atomic mass is 32.1. The third-order valence-corrected chi connectivity index (χ3v) is 4.33. The maximum absolute atomic E-state index is 10.1. The van der Waals surface area contributed by atoms with Gasteiger partial charge in [0.1, 0.15) is 12.7 Å². The van der Waals surface area contributed by atoms with Crippen molar-refractivity contribution in [3.05, 3.63) is 30.1 Å². The fourth-order valence-electron chi connectivity index (χ4n) is 2.50. The van der Waals surface area contributed by atoms with Gasteiger partial charge in [-0.1, -0.05) is 6.07 Å². The van der Waals surface area contributed by atoms with Gasteiger partial charge in [0.05, 0.1) is 24.9 Å². The fraction of sp³-hybridized carbons (Fsp3) is 0.562. The molecule has 1 unspecified atom stereocenters. The number of morpholine rings is 1. The van der Waals surface area contributed by atoms with Crippen LogP contribution in [0.3, 0.4) is 0 Å². The Hall–Kier alpha value is -1.81. The van der Waals surface area contributed by atoms with Crippen molar-refractivity contribution in [1.29, 1.82) is 0 Å². The number of nitrogens with zero attached hydrogens (tertiary/aromatic N) is 4. The molecule has 0 bridgehead atoms. The molecule has 2 N–H and O–H groups in total. The van der Waals surface area contributed by atoms with Gasteiger partial charge in [0, 0.05) is 44.5 Å². The monoisotopic (exact) mass is 365 g/mol. The molecule has 0 radical (unpaired) electrons. The molecule has 2 aromatic heterocycles. The van der Waals surface area contributed by atoms with Gasteiger partial charge in [0.25, 0.3) is 5.88 Å². The molecule has 1 aliphatic heterocycles. The zero-order chi connectivity index (χ0) is 17.3. The quantitative estimate of drug-likeness (QED) is 0.615. The Labute approximate surface area is 151 Å². The Bertz CT molecular complexity index is 621. The molecule has 25 heavy (non-hydrogen) atoms. The molecular formula is C16H23N5O3S. The van der Waals surface area contributed by atoms with E-state index in [0.717, 1.165) is 49.3 Å². The molecule has 9 heteroatoms. The first-order valence-corrected chi connectivity index (χ1v) is 9.12. The average molecular weight is 365 g/mol. The first-order chi connectivity index (χ1) is 12.3. The lowest BCUT2D eigenvalue weighted by molar-refractivity contribution is 0.103. The van der Waals surface area contributed by atoms with Crippen LogP contribution in [0.15, 0.2) is 24.4 Å². The van der Waals surface area contributed by atoms with Crippen molar-refractivity contribution in [1.82, 2.24) is 19.0 Å². The molecule has 3 heterocycles. The molecule has 0 aliphatic carbocycles. The van der Waals surface area contributed by atoms with Gasteiger partial charge in [0.2, 0.25) is 5.82 Å². The second kappa shape index (κ2) is 9.62. The minimum Gasteiger partial charge on any atom is -0.472 e. The molecular weight excluding hydrogens is 342 g/mol. The third kappa shape index (κ3) is 5.60. The van der Waals surface area contributed by atoms with Crippen LogP contribution in [-0.2, 0) is 11.2 Å². The van der Waals surface area contributed by atoms with Crippen molar-refractivity contribution in [3.63, 3.8) is 0 Å². The van der Waals surface area contributed by atoms with Gasteiger partial charge in [-0.2, -0.15) is 4.37 Å². The molecule has 1 aliphatic rings. The summed E-state index contributed by atoms with van der Waals surface area (Å²) in [5, 5.41) is 13.3. The van der Waals surface area contributed by atoms with E-state index in [0.29, 0.717) is 25.6 Å². The van der Waals surface area contributed by atoms with Crippen LogP contribution in [0, 0.1) is 0 Å². The number of hydrogen-bond acceptors (Lipinski definition) is 9. The van der Waals surface area contributed by atoms with Crippen molar-refractivity contribution >= 4 is 17.5 Å².